The third kappa shape index (κ3) is 4.24. The Kier molecular flexibility index (Phi) is 5.48. The summed E-state index contributed by atoms with van der Waals surface area (Å²) in [7, 11) is 2.19. The Labute approximate surface area is 123 Å². The highest BCUT2D eigenvalue weighted by atomic mass is 16.2. The molecule has 20 heavy (non-hydrogen) atoms. The third-order valence-corrected chi connectivity index (χ3v) is 4.51. The zero-order chi connectivity index (χ0) is 14.5. The first-order valence-electron chi connectivity index (χ1n) is 8.04. The van der Waals surface area contributed by atoms with E-state index in [-0.39, 0.29) is 5.92 Å². The van der Waals surface area contributed by atoms with E-state index in [0.29, 0.717) is 17.7 Å². The van der Waals surface area contributed by atoms with E-state index in [1.54, 1.807) is 0 Å². The van der Waals surface area contributed by atoms with Crippen LogP contribution in [0.5, 0.6) is 0 Å². The number of piperidine rings is 2. The molecule has 2 saturated heterocycles. The minimum Gasteiger partial charge on any atom is -0.342 e. The highest BCUT2D eigenvalue weighted by Gasteiger charge is 2.23. The van der Waals surface area contributed by atoms with E-state index >= 15 is 0 Å². The van der Waals surface area contributed by atoms with Gasteiger partial charge in [0.2, 0.25) is 5.91 Å². The van der Waals surface area contributed by atoms with Gasteiger partial charge in [-0.1, -0.05) is 25.7 Å². The van der Waals surface area contributed by atoms with Gasteiger partial charge in [-0.3, -0.25) is 4.79 Å². The zero-order valence-corrected chi connectivity index (χ0v) is 13.2. The van der Waals surface area contributed by atoms with E-state index in [4.69, 9.17) is 0 Å². The molecule has 0 atom stereocenters. The molecule has 0 bridgehead atoms. The van der Waals surface area contributed by atoms with Gasteiger partial charge >= 0.3 is 0 Å². The highest BCUT2D eigenvalue weighted by Crippen LogP contribution is 2.20. The average Bonchev–Trinajstić information content (AvgIpc) is 2.46. The number of carbonyl (C=O) groups is 1. The van der Waals surface area contributed by atoms with Crippen LogP contribution in [0.15, 0.2) is 0 Å². The van der Waals surface area contributed by atoms with Crippen LogP contribution in [0.1, 0.15) is 39.5 Å². The van der Waals surface area contributed by atoms with E-state index in [1.807, 2.05) is 18.7 Å². The van der Waals surface area contributed by atoms with Gasteiger partial charge in [0.05, 0.1) is 0 Å². The first-order chi connectivity index (χ1) is 9.56. The van der Waals surface area contributed by atoms with Crippen molar-refractivity contribution in [2.45, 2.75) is 39.5 Å². The average molecular weight is 276 g/mol. The van der Waals surface area contributed by atoms with Gasteiger partial charge in [0.25, 0.3) is 0 Å². The van der Waals surface area contributed by atoms with Crippen LogP contribution in [0, 0.1) is 29.6 Å². The molecule has 112 valence electrons. The molecule has 3 nitrogen and oxygen atoms in total. The molecule has 1 amide bonds. The van der Waals surface area contributed by atoms with Crippen molar-refractivity contribution < 1.29 is 4.79 Å². The lowest BCUT2D eigenvalue weighted by atomic mass is 9.93. The molecule has 0 aromatic carbocycles. The van der Waals surface area contributed by atoms with E-state index < -0.39 is 0 Å². The maximum atomic E-state index is 11.9. The number of rotatable bonds is 1. The van der Waals surface area contributed by atoms with Crippen molar-refractivity contribution in [3.63, 3.8) is 0 Å². The summed E-state index contributed by atoms with van der Waals surface area (Å²) in [6, 6.07) is 0. The molecule has 2 rings (SSSR count). The van der Waals surface area contributed by atoms with Crippen molar-refractivity contribution in [3.05, 3.63) is 0 Å². The molecular formula is C17H28N2O. The fraction of sp³-hybridized carbons (Fsp3) is 0.824. The largest absolute Gasteiger partial charge is 0.342 e. The monoisotopic (exact) mass is 276 g/mol. The molecule has 2 fully saturated rings. The van der Waals surface area contributed by atoms with Crippen molar-refractivity contribution >= 4 is 5.91 Å². The molecule has 0 radical (unpaired) electrons. The van der Waals surface area contributed by atoms with Crippen molar-refractivity contribution in [2.24, 2.45) is 17.8 Å². The van der Waals surface area contributed by atoms with Crippen molar-refractivity contribution in [3.8, 4) is 11.8 Å². The van der Waals surface area contributed by atoms with Gasteiger partial charge in [-0.2, -0.15) is 0 Å². The number of amides is 1. The summed E-state index contributed by atoms with van der Waals surface area (Å²) in [5.74, 6) is 8.51. The van der Waals surface area contributed by atoms with Gasteiger partial charge in [-0.05, 0) is 45.8 Å². The van der Waals surface area contributed by atoms with Crippen LogP contribution in [0.3, 0.4) is 0 Å². The molecule has 2 aliphatic heterocycles. The maximum absolute atomic E-state index is 11.9. The smallest absolute Gasteiger partial charge is 0.225 e. The fourth-order valence-electron chi connectivity index (χ4n) is 3.00. The summed E-state index contributed by atoms with van der Waals surface area (Å²) in [4.78, 5) is 16.3. The third-order valence-electron chi connectivity index (χ3n) is 4.51. The lowest BCUT2D eigenvalue weighted by molar-refractivity contribution is -0.135. The van der Waals surface area contributed by atoms with Gasteiger partial charge in [-0.15, -0.1) is 0 Å². The summed E-state index contributed by atoms with van der Waals surface area (Å²) < 4.78 is 0. The van der Waals surface area contributed by atoms with E-state index in [9.17, 15) is 4.79 Å². The Balaban J connectivity index is 1.76. The van der Waals surface area contributed by atoms with Gasteiger partial charge in [0, 0.05) is 30.8 Å². The van der Waals surface area contributed by atoms with Crippen LogP contribution in [0.2, 0.25) is 0 Å². The van der Waals surface area contributed by atoms with Crippen LogP contribution in [0.25, 0.3) is 0 Å². The van der Waals surface area contributed by atoms with E-state index in [0.717, 1.165) is 25.9 Å². The topological polar surface area (TPSA) is 23.6 Å². The maximum Gasteiger partial charge on any atom is 0.225 e. The molecule has 2 aliphatic rings. The number of likely N-dealkylation sites (tertiary alicyclic amines) is 2. The second-order valence-corrected chi connectivity index (χ2v) is 6.62. The van der Waals surface area contributed by atoms with Crippen LogP contribution < -0.4 is 0 Å². The summed E-state index contributed by atoms with van der Waals surface area (Å²) in [5, 5.41) is 0. The standard InChI is InChI=1S/C17H28N2O/c1-14(2)17(20)19-12-8-16(9-13-19)5-4-15-6-10-18(3)11-7-15/h14-16H,6-13H2,1-3H3. The summed E-state index contributed by atoms with van der Waals surface area (Å²) in [5.41, 5.74) is 0. The van der Waals surface area contributed by atoms with E-state index in [1.165, 1.54) is 25.9 Å². The minimum atomic E-state index is 0.122. The Morgan fingerprint density at radius 2 is 1.40 bits per heavy atom. The quantitative estimate of drug-likeness (QED) is 0.686. The van der Waals surface area contributed by atoms with Crippen molar-refractivity contribution in [1.29, 1.82) is 0 Å². The molecule has 0 unspecified atom stereocenters. The van der Waals surface area contributed by atoms with Crippen LogP contribution >= 0.6 is 0 Å². The molecule has 0 spiro atoms. The second-order valence-electron chi connectivity index (χ2n) is 6.62. The Bertz CT molecular complexity index is 378. The SMILES string of the molecule is CC(C)C(=O)N1CCC(C#CC2CCN(C)CC2)CC1. The molecule has 0 aromatic heterocycles. The predicted octanol–water partition coefficient (Wildman–Crippen LogP) is 2.23. The predicted molar refractivity (Wildman–Crippen MR) is 82.1 cm³/mol. The number of nitrogens with zero attached hydrogens (tertiary/aromatic N) is 2. The molecular weight excluding hydrogens is 248 g/mol. The second kappa shape index (κ2) is 7.13. The van der Waals surface area contributed by atoms with Crippen molar-refractivity contribution in [1.82, 2.24) is 9.80 Å². The Morgan fingerprint density at radius 1 is 0.950 bits per heavy atom. The first-order valence-corrected chi connectivity index (χ1v) is 8.04. The van der Waals surface area contributed by atoms with E-state index in [2.05, 4.69) is 23.8 Å². The van der Waals surface area contributed by atoms with Gasteiger partial charge < -0.3 is 9.80 Å². The highest BCUT2D eigenvalue weighted by molar-refractivity contribution is 5.78. The van der Waals surface area contributed by atoms with Gasteiger partial charge in [0.1, 0.15) is 0 Å². The zero-order valence-electron chi connectivity index (χ0n) is 13.2. The minimum absolute atomic E-state index is 0.122. The molecule has 0 N–H and O–H groups in total. The Morgan fingerprint density at radius 3 is 1.85 bits per heavy atom. The number of carbonyl (C=O) groups excluding carboxylic acids is 1. The van der Waals surface area contributed by atoms with Crippen LogP contribution in [-0.4, -0.2) is 48.9 Å². The molecule has 3 heteroatoms. The number of hydrogen-bond acceptors (Lipinski definition) is 2. The number of hydrogen-bond donors (Lipinski definition) is 0. The van der Waals surface area contributed by atoms with Crippen molar-refractivity contribution in [2.75, 3.05) is 33.2 Å². The van der Waals surface area contributed by atoms with Crippen LogP contribution in [-0.2, 0) is 4.79 Å². The van der Waals surface area contributed by atoms with Gasteiger partial charge in [0.15, 0.2) is 0 Å². The van der Waals surface area contributed by atoms with Crippen LogP contribution in [0.4, 0.5) is 0 Å². The normalized spacial score (nSPS) is 22.7. The molecule has 2 heterocycles. The lowest BCUT2D eigenvalue weighted by Crippen LogP contribution is -2.40. The van der Waals surface area contributed by atoms with Gasteiger partial charge in [-0.25, -0.2) is 0 Å². The fourth-order valence-corrected chi connectivity index (χ4v) is 3.00. The molecule has 0 aromatic rings. The molecule has 0 saturated carbocycles. The summed E-state index contributed by atoms with van der Waals surface area (Å²) in [6.07, 6.45) is 4.54. The molecule has 0 aliphatic carbocycles. The summed E-state index contributed by atoms with van der Waals surface area (Å²) >= 11 is 0. The first kappa shape index (κ1) is 15.4. The Hall–Kier alpha value is -1.01. The summed E-state index contributed by atoms with van der Waals surface area (Å²) in [6.45, 7) is 8.11. The lowest BCUT2D eigenvalue weighted by Gasteiger charge is -2.31.